The molecule has 3 rings (SSSR count). The van der Waals surface area contributed by atoms with Crippen LogP contribution in [0.25, 0.3) is 0 Å². The van der Waals surface area contributed by atoms with Crippen LogP contribution in [0.2, 0.25) is 0 Å². The van der Waals surface area contributed by atoms with E-state index >= 15 is 0 Å². The molecular weight excluding hydrogens is 324 g/mol. The molecular formula is C23H32O3. The fourth-order valence-electron chi connectivity index (χ4n) is 4.52. The molecule has 0 amide bonds. The lowest BCUT2D eigenvalue weighted by Gasteiger charge is -2.46. The number of esters is 1. The predicted octanol–water partition coefficient (Wildman–Crippen LogP) is 5.96. The molecule has 26 heavy (non-hydrogen) atoms. The van der Waals surface area contributed by atoms with E-state index in [4.69, 9.17) is 9.47 Å². The van der Waals surface area contributed by atoms with Crippen LogP contribution in [0.15, 0.2) is 23.8 Å². The molecule has 1 aliphatic heterocycles. The number of allylic oxidation sites excluding steroid dienone is 2. The summed E-state index contributed by atoms with van der Waals surface area (Å²) in [6.45, 7) is 10.3. The summed E-state index contributed by atoms with van der Waals surface area (Å²) in [6, 6.07) is 4.24. The van der Waals surface area contributed by atoms with Crippen molar-refractivity contribution >= 4 is 5.97 Å². The summed E-state index contributed by atoms with van der Waals surface area (Å²) in [5, 5.41) is 0. The van der Waals surface area contributed by atoms with Gasteiger partial charge in [-0.3, -0.25) is 4.79 Å². The molecule has 1 aromatic rings. The first kappa shape index (κ1) is 19.0. The van der Waals surface area contributed by atoms with Gasteiger partial charge in [-0.05, 0) is 64.2 Å². The standard InChI is InChI=1S/C23H32O3/c1-6-7-8-9-17-13-20(25-16(3)24)22-18-12-15(2)10-11-19(18)23(4,5)26-21(22)14-17/h12-14,18-19H,6-11H2,1-5H3/t18-,19-/m1/s1. The molecule has 0 radical (unpaired) electrons. The number of rotatable bonds is 5. The molecule has 0 saturated carbocycles. The lowest BCUT2D eigenvalue weighted by molar-refractivity contribution is -0.132. The molecule has 0 bridgehead atoms. The molecule has 1 aromatic carbocycles. The highest BCUT2D eigenvalue weighted by atomic mass is 16.5. The van der Waals surface area contributed by atoms with Gasteiger partial charge in [-0.15, -0.1) is 0 Å². The Labute approximate surface area is 157 Å². The van der Waals surface area contributed by atoms with Gasteiger partial charge < -0.3 is 9.47 Å². The van der Waals surface area contributed by atoms with Crippen LogP contribution in [0.4, 0.5) is 0 Å². The van der Waals surface area contributed by atoms with Gasteiger partial charge in [0, 0.05) is 24.3 Å². The van der Waals surface area contributed by atoms with Crippen molar-refractivity contribution < 1.29 is 14.3 Å². The Kier molecular flexibility index (Phi) is 5.45. The van der Waals surface area contributed by atoms with Gasteiger partial charge in [0.15, 0.2) is 0 Å². The van der Waals surface area contributed by atoms with Gasteiger partial charge in [-0.2, -0.15) is 0 Å². The van der Waals surface area contributed by atoms with E-state index in [9.17, 15) is 4.79 Å². The molecule has 0 aromatic heterocycles. The van der Waals surface area contributed by atoms with E-state index in [2.05, 4.69) is 45.9 Å². The quantitative estimate of drug-likeness (QED) is 0.283. The van der Waals surface area contributed by atoms with Crippen LogP contribution >= 0.6 is 0 Å². The van der Waals surface area contributed by atoms with Crippen LogP contribution in [0.5, 0.6) is 11.5 Å². The van der Waals surface area contributed by atoms with Crippen LogP contribution < -0.4 is 9.47 Å². The highest BCUT2D eigenvalue weighted by Crippen LogP contribution is 2.53. The fraction of sp³-hybridized carbons (Fsp3) is 0.609. The highest BCUT2D eigenvalue weighted by Gasteiger charge is 2.45. The molecule has 2 atom stereocenters. The minimum atomic E-state index is -0.268. The highest BCUT2D eigenvalue weighted by molar-refractivity contribution is 5.71. The number of hydrogen-bond acceptors (Lipinski definition) is 3. The van der Waals surface area contributed by atoms with Gasteiger partial charge in [-0.1, -0.05) is 31.4 Å². The topological polar surface area (TPSA) is 35.5 Å². The first-order chi connectivity index (χ1) is 12.3. The van der Waals surface area contributed by atoms with E-state index in [0.29, 0.717) is 11.7 Å². The minimum absolute atomic E-state index is 0.218. The number of benzene rings is 1. The van der Waals surface area contributed by atoms with Crippen molar-refractivity contribution in [3.05, 3.63) is 34.9 Å². The molecule has 0 saturated heterocycles. The van der Waals surface area contributed by atoms with Crippen molar-refractivity contribution in [3.63, 3.8) is 0 Å². The van der Waals surface area contributed by atoms with Gasteiger partial charge in [0.1, 0.15) is 17.1 Å². The van der Waals surface area contributed by atoms with Crippen LogP contribution in [0, 0.1) is 5.92 Å². The Morgan fingerprint density at radius 3 is 2.77 bits per heavy atom. The molecule has 3 heteroatoms. The van der Waals surface area contributed by atoms with Crippen molar-refractivity contribution in [2.24, 2.45) is 5.92 Å². The molecule has 1 aliphatic carbocycles. The maximum Gasteiger partial charge on any atom is 0.308 e. The number of carbonyl (C=O) groups is 1. The normalized spacial score (nSPS) is 23.3. The molecule has 1 heterocycles. The fourth-order valence-corrected chi connectivity index (χ4v) is 4.52. The first-order valence-corrected chi connectivity index (χ1v) is 10.0. The van der Waals surface area contributed by atoms with Crippen LogP contribution in [-0.2, 0) is 11.2 Å². The maximum atomic E-state index is 11.7. The monoisotopic (exact) mass is 356 g/mol. The summed E-state index contributed by atoms with van der Waals surface area (Å²) in [7, 11) is 0. The van der Waals surface area contributed by atoms with Gasteiger partial charge in [-0.25, -0.2) is 0 Å². The largest absolute Gasteiger partial charge is 0.487 e. The Bertz CT molecular complexity index is 714. The molecule has 142 valence electrons. The second-order valence-electron chi connectivity index (χ2n) is 8.45. The van der Waals surface area contributed by atoms with Gasteiger partial charge >= 0.3 is 5.97 Å². The second kappa shape index (κ2) is 7.46. The average Bonchev–Trinajstić information content (AvgIpc) is 2.53. The summed E-state index contributed by atoms with van der Waals surface area (Å²) >= 11 is 0. The molecule has 2 aliphatic rings. The zero-order valence-electron chi connectivity index (χ0n) is 16.9. The summed E-state index contributed by atoms with van der Waals surface area (Å²) in [5.41, 5.74) is 3.45. The molecule has 0 fully saturated rings. The van der Waals surface area contributed by atoms with E-state index in [1.165, 1.54) is 30.9 Å². The Morgan fingerprint density at radius 2 is 2.08 bits per heavy atom. The molecule has 0 unspecified atom stereocenters. The van der Waals surface area contributed by atoms with Crippen molar-refractivity contribution in [3.8, 4) is 11.5 Å². The third kappa shape index (κ3) is 3.82. The molecule has 0 N–H and O–H groups in total. The second-order valence-corrected chi connectivity index (χ2v) is 8.45. The Morgan fingerprint density at radius 1 is 1.31 bits per heavy atom. The van der Waals surface area contributed by atoms with Gasteiger partial charge in [0.25, 0.3) is 0 Å². The number of unbranched alkanes of at least 4 members (excludes halogenated alkanes) is 2. The molecule has 0 spiro atoms. The predicted molar refractivity (Wildman–Crippen MR) is 105 cm³/mol. The SMILES string of the molecule is CCCCCc1cc(OC(C)=O)c2c(c1)OC(C)(C)[C@@H]1CCC(C)=C[C@@H]21. The number of carbonyl (C=O) groups excluding carboxylic acids is 1. The van der Waals surface area contributed by atoms with Gasteiger partial charge in [0.05, 0.1) is 0 Å². The molecule has 3 nitrogen and oxygen atoms in total. The van der Waals surface area contributed by atoms with E-state index in [1.807, 2.05) is 0 Å². The Balaban J connectivity index is 2.08. The third-order valence-corrected chi connectivity index (χ3v) is 5.83. The number of hydrogen-bond donors (Lipinski definition) is 0. The van der Waals surface area contributed by atoms with E-state index in [-0.39, 0.29) is 17.5 Å². The third-order valence-electron chi connectivity index (χ3n) is 5.83. The number of aryl methyl sites for hydroxylation is 1. The summed E-state index contributed by atoms with van der Waals surface area (Å²) < 4.78 is 12.1. The zero-order chi connectivity index (χ0) is 18.9. The first-order valence-electron chi connectivity index (χ1n) is 10.0. The minimum Gasteiger partial charge on any atom is -0.487 e. The van der Waals surface area contributed by atoms with E-state index in [1.54, 1.807) is 0 Å². The smallest absolute Gasteiger partial charge is 0.308 e. The maximum absolute atomic E-state index is 11.7. The van der Waals surface area contributed by atoms with Crippen molar-refractivity contribution in [1.82, 2.24) is 0 Å². The van der Waals surface area contributed by atoms with Crippen LogP contribution in [0.1, 0.15) is 83.8 Å². The summed E-state index contributed by atoms with van der Waals surface area (Å²) in [4.78, 5) is 11.7. The van der Waals surface area contributed by atoms with Crippen LogP contribution in [0.3, 0.4) is 0 Å². The van der Waals surface area contributed by atoms with E-state index in [0.717, 1.165) is 37.0 Å². The van der Waals surface area contributed by atoms with Crippen LogP contribution in [-0.4, -0.2) is 11.6 Å². The van der Waals surface area contributed by atoms with Crippen molar-refractivity contribution in [1.29, 1.82) is 0 Å². The lowest BCUT2D eigenvalue weighted by atomic mass is 9.68. The number of ether oxygens (including phenoxy) is 2. The lowest BCUT2D eigenvalue weighted by Crippen LogP contribution is -2.45. The summed E-state index contributed by atoms with van der Waals surface area (Å²) in [5.74, 6) is 1.97. The average molecular weight is 357 g/mol. The van der Waals surface area contributed by atoms with Gasteiger partial charge in [0.2, 0.25) is 0 Å². The zero-order valence-corrected chi connectivity index (χ0v) is 16.9. The van der Waals surface area contributed by atoms with Crippen molar-refractivity contribution in [2.75, 3.05) is 0 Å². The number of fused-ring (bicyclic) bond motifs is 3. The van der Waals surface area contributed by atoms with Crippen molar-refractivity contribution in [2.45, 2.75) is 84.7 Å². The Hall–Kier alpha value is -1.77. The van der Waals surface area contributed by atoms with E-state index < -0.39 is 0 Å². The summed E-state index contributed by atoms with van der Waals surface area (Å²) in [6.07, 6.45) is 9.11.